The van der Waals surface area contributed by atoms with Crippen LogP contribution in [0.4, 0.5) is 0 Å². The monoisotopic (exact) mass is 448 g/mol. The van der Waals surface area contributed by atoms with Crippen molar-refractivity contribution >= 4 is 11.6 Å². The predicted octanol–water partition coefficient (Wildman–Crippen LogP) is 6.29. The van der Waals surface area contributed by atoms with Gasteiger partial charge in [-0.2, -0.15) is 0 Å². The van der Waals surface area contributed by atoms with Crippen LogP contribution in [0.3, 0.4) is 0 Å². The van der Waals surface area contributed by atoms with E-state index >= 15 is 0 Å². The number of aryl methyl sites for hydroxylation is 1. The fraction of sp³-hybridized carbons (Fsp3) is 0.133. The van der Waals surface area contributed by atoms with Crippen LogP contribution in [0, 0.1) is 6.92 Å². The maximum absolute atomic E-state index is 14.2. The third-order valence-electron chi connectivity index (χ3n) is 6.09. The van der Waals surface area contributed by atoms with E-state index in [4.69, 9.17) is 9.47 Å². The van der Waals surface area contributed by atoms with Crippen molar-refractivity contribution in [1.29, 1.82) is 0 Å². The molecule has 0 saturated carbocycles. The van der Waals surface area contributed by atoms with E-state index < -0.39 is 29.6 Å². The largest absolute Gasteiger partial charge is 0.336 e. The zero-order valence-electron chi connectivity index (χ0n) is 18.8. The van der Waals surface area contributed by atoms with Crippen LogP contribution in [-0.4, -0.2) is 17.2 Å². The maximum atomic E-state index is 14.2. The first kappa shape index (κ1) is 22.0. The molecule has 2 unspecified atom stereocenters. The van der Waals surface area contributed by atoms with Crippen molar-refractivity contribution in [2.24, 2.45) is 0 Å². The number of hydrogen-bond acceptors (Lipinski definition) is 4. The minimum atomic E-state index is -1.89. The average Bonchev–Trinajstić information content (AvgIpc) is 3.31. The molecule has 4 heteroatoms. The van der Waals surface area contributed by atoms with E-state index in [0.717, 1.165) is 11.1 Å². The molecular formula is C30H24O4. The van der Waals surface area contributed by atoms with Gasteiger partial charge in [-0.15, -0.1) is 0 Å². The van der Waals surface area contributed by atoms with Crippen molar-refractivity contribution in [1.82, 2.24) is 0 Å². The van der Waals surface area contributed by atoms with Gasteiger partial charge in [-0.25, -0.2) is 0 Å². The fourth-order valence-corrected chi connectivity index (χ4v) is 4.44. The quantitative estimate of drug-likeness (QED) is 0.257. The number of hydrogen-bond donors (Lipinski definition) is 0. The SMILES string of the molecule is Cc1cccc(C2OC(c3ccccc3)C(C(=O)c3ccccc3)(C(=O)c3ccccc3)O2)c1. The Balaban J connectivity index is 1.72. The van der Waals surface area contributed by atoms with Crippen molar-refractivity contribution < 1.29 is 19.1 Å². The third-order valence-corrected chi connectivity index (χ3v) is 6.09. The van der Waals surface area contributed by atoms with E-state index in [9.17, 15) is 9.59 Å². The van der Waals surface area contributed by atoms with E-state index in [1.165, 1.54) is 0 Å². The number of rotatable bonds is 6. The lowest BCUT2D eigenvalue weighted by atomic mass is 9.78. The van der Waals surface area contributed by atoms with Crippen molar-refractivity contribution in [3.8, 4) is 0 Å². The summed E-state index contributed by atoms with van der Waals surface area (Å²) in [6, 6.07) is 34.6. The summed E-state index contributed by atoms with van der Waals surface area (Å²) in [5.74, 6) is -0.850. The van der Waals surface area contributed by atoms with Crippen LogP contribution in [0.2, 0.25) is 0 Å². The summed E-state index contributed by atoms with van der Waals surface area (Å²) < 4.78 is 12.9. The Bertz CT molecular complexity index is 1250. The minimum absolute atomic E-state index is 0.390. The highest BCUT2D eigenvalue weighted by Crippen LogP contribution is 2.50. The second-order valence-electron chi connectivity index (χ2n) is 8.42. The van der Waals surface area contributed by atoms with Crippen LogP contribution in [0.1, 0.15) is 49.8 Å². The first-order valence-electron chi connectivity index (χ1n) is 11.2. The van der Waals surface area contributed by atoms with Gasteiger partial charge >= 0.3 is 0 Å². The number of Topliss-reactive ketones (excluding diaryl/α,β-unsaturated/α-hetero) is 2. The summed E-state index contributed by atoms with van der Waals surface area (Å²) in [5, 5.41) is 0. The Labute approximate surface area is 198 Å². The van der Waals surface area contributed by atoms with Gasteiger partial charge in [0.2, 0.25) is 17.2 Å². The Morgan fingerprint density at radius 3 is 1.68 bits per heavy atom. The molecule has 1 heterocycles. The number of carbonyl (C=O) groups excluding carboxylic acids is 2. The fourth-order valence-electron chi connectivity index (χ4n) is 4.44. The summed E-state index contributed by atoms with van der Waals surface area (Å²) in [6.07, 6.45) is -1.81. The molecule has 0 radical (unpaired) electrons. The van der Waals surface area contributed by atoms with Gasteiger partial charge in [0, 0.05) is 16.7 Å². The van der Waals surface area contributed by atoms with Crippen LogP contribution < -0.4 is 0 Å². The van der Waals surface area contributed by atoms with Gasteiger partial charge in [0.15, 0.2) is 6.29 Å². The van der Waals surface area contributed by atoms with E-state index in [2.05, 4.69) is 0 Å². The van der Waals surface area contributed by atoms with Crippen LogP contribution in [0.5, 0.6) is 0 Å². The highest BCUT2D eigenvalue weighted by atomic mass is 16.7. The molecule has 4 aromatic carbocycles. The number of ether oxygens (including phenoxy) is 2. The van der Waals surface area contributed by atoms with Crippen LogP contribution in [-0.2, 0) is 9.47 Å². The van der Waals surface area contributed by atoms with E-state index in [1.54, 1.807) is 48.5 Å². The Morgan fingerprint density at radius 1 is 0.647 bits per heavy atom. The van der Waals surface area contributed by atoms with Crippen LogP contribution >= 0.6 is 0 Å². The summed E-state index contributed by atoms with van der Waals surface area (Å²) >= 11 is 0. The predicted molar refractivity (Wildman–Crippen MR) is 130 cm³/mol. The van der Waals surface area contributed by atoms with E-state index in [1.807, 2.05) is 73.7 Å². The third kappa shape index (κ3) is 3.87. The molecule has 0 aromatic heterocycles. The molecule has 0 amide bonds. The summed E-state index contributed by atoms with van der Waals surface area (Å²) in [7, 11) is 0. The zero-order chi connectivity index (χ0) is 23.5. The Kier molecular flexibility index (Phi) is 5.93. The molecule has 4 nitrogen and oxygen atoms in total. The van der Waals surface area contributed by atoms with Gasteiger partial charge in [0.05, 0.1) is 0 Å². The smallest absolute Gasteiger partial charge is 0.226 e. The number of ketones is 2. The van der Waals surface area contributed by atoms with Crippen LogP contribution in [0.15, 0.2) is 115 Å². The minimum Gasteiger partial charge on any atom is -0.336 e. The topological polar surface area (TPSA) is 52.6 Å². The maximum Gasteiger partial charge on any atom is 0.226 e. The summed E-state index contributed by atoms with van der Waals surface area (Å²) in [6.45, 7) is 1.98. The molecule has 1 aliphatic rings. The molecule has 1 aliphatic heterocycles. The second-order valence-corrected chi connectivity index (χ2v) is 8.42. The standard InChI is InChI=1S/C30H24O4/c1-21-12-11-19-25(20-21)29-33-28(24-17-9-4-10-18-24)30(34-29,26(31)22-13-5-2-6-14-22)27(32)23-15-7-3-8-16-23/h2-20,28-29H,1H3. The highest BCUT2D eigenvalue weighted by molar-refractivity contribution is 6.23. The second kappa shape index (κ2) is 9.18. The highest BCUT2D eigenvalue weighted by Gasteiger charge is 2.61. The van der Waals surface area contributed by atoms with Crippen molar-refractivity contribution in [3.63, 3.8) is 0 Å². The van der Waals surface area contributed by atoms with E-state index in [-0.39, 0.29) is 0 Å². The first-order valence-corrected chi connectivity index (χ1v) is 11.2. The van der Waals surface area contributed by atoms with Gasteiger partial charge in [-0.3, -0.25) is 9.59 Å². The van der Waals surface area contributed by atoms with Crippen molar-refractivity contribution in [2.45, 2.75) is 24.9 Å². The lowest BCUT2D eigenvalue weighted by Crippen LogP contribution is -2.50. The Morgan fingerprint density at radius 2 is 1.15 bits per heavy atom. The van der Waals surface area contributed by atoms with Gasteiger partial charge in [0.1, 0.15) is 6.10 Å². The molecule has 5 rings (SSSR count). The van der Waals surface area contributed by atoms with Gasteiger partial charge in [0.25, 0.3) is 0 Å². The molecule has 4 aromatic rings. The zero-order valence-corrected chi connectivity index (χ0v) is 18.8. The molecule has 168 valence electrons. The average molecular weight is 449 g/mol. The molecular weight excluding hydrogens is 424 g/mol. The molecule has 2 atom stereocenters. The van der Waals surface area contributed by atoms with Crippen molar-refractivity contribution in [2.75, 3.05) is 0 Å². The van der Waals surface area contributed by atoms with Crippen molar-refractivity contribution in [3.05, 3.63) is 143 Å². The lowest BCUT2D eigenvalue weighted by Gasteiger charge is -2.30. The molecule has 0 bridgehead atoms. The number of benzene rings is 4. The summed E-state index contributed by atoms with van der Waals surface area (Å²) in [4.78, 5) is 28.4. The number of carbonyl (C=O) groups is 2. The van der Waals surface area contributed by atoms with E-state index in [0.29, 0.717) is 16.7 Å². The normalized spacial score (nSPS) is 19.0. The van der Waals surface area contributed by atoms with Gasteiger partial charge in [-0.05, 0) is 12.5 Å². The molecule has 34 heavy (non-hydrogen) atoms. The molecule has 0 aliphatic carbocycles. The Hall–Kier alpha value is -3.86. The first-order chi connectivity index (χ1) is 16.6. The lowest BCUT2D eigenvalue weighted by molar-refractivity contribution is -0.0768. The molecule has 1 saturated heterocycles. The van der Waals surface area contributed by atoms with Crippen LogP contribution in [0.25, 0.3) is 0 Å². The molecule has 0 N–H and O–H groups in total. The summed E-state index contributed by atoms with van der Waals surface area (Å²) in [5.41, 5.74) is 1.37. The molecule has 0 spiro atoms. The van der Waals surface area contributed by atoms with Gasteiger partial charge in [-0.1, -0.05) is 121 Å². The molecule has 1 fully saturated rings. The van der Waals surface area contributed by atoms with Gasteiger partial charge < -0.3 is 9.47 Å².